The van der Waals surface area contributed by atoms with Crippen LogP contribution in [0.4, 0.5) is 0 Å². The van der Waals surface area contributed by atoms with Gasteiger partial charge in [-0.25, -0.2) is 4.99 Å². The fourth-order valence-electron chi connectivity index (χ4n) is 1.87. The molecule has 0 atom stereocenters. The van der Waals surface area contributed by atoms with Crippen LogP contribution < -0.4 is 10.6 Å². The normalized spacial score (nSPS) is 14.4. The highest BCUT2D eigenvalue weighted by Crippen LogP contribution is 2.28. The van der Waals surface area contributed by atoms with Gasteiger partial charge < -0.3 is 15.4 Å². The third kappa shape index (κ3) is 8.26. The van der Waals surface area contributed by atoms with E-state index >= 15 is 0 Å². The van der Waals surface area contributed by atoms with Crippen LogP contribution in [0.5, 0.6) is 0 Å². The Morgan fingerprint density at radius 2 is 2.00 bits per heavy atom. The molecule has 0 radical (unpaired) electrons. The van der Waals surface area contributed by atoms with Gasteiger partial charge in [-0.3, -0.25) is 0 Å². The Hall–Kier alpha value is -0.820. The predicted octanol–water partition coefficient (Wildman–Crippen LogP) is 2.79. The Balaban J connectivity index is 0.00000220. The summed E-state index contributed by atoms with van der Waals surface area (Å²) in [6, 6.07) is 10.3. The maximum absolute atomic E-state index is 5.60. The van der Waals surface area contributed by atoms with Gasteiger partial charge in [0.05, 0.1) is 13.2 Å². The fourth-order valence-corrected chi connectivity index (χ4v) is 1.87. The fraction of sp³-hybridized carbons (Fsp3) is 0.562. The van der Waals surface area contributed by atoms with Gasteiger partial charge in [-0.05, 0) is 31.2 Å². The molecule has 4 nitrogen and oxygen atoms in total. The van der Waals surface area contributed by atoms with Crippen molar-refractivity contribution >= 4 is 29.9 Å². The smallest absolute Gasteiger partial charge is 0.191 e. The molecule has 2 rings (SSSR count). The van der Waals surface area contributed by atoms with Crippen LogP contribution in [0.15, 0.2) is 35.3 Å². The molecule has 0 bridgehead atoms. The van der Waals surface area contributed by atoms with E-state index in [2.05, 4.69) is 34.7 Å². The maximum atomic E-state index is 5.60. The van der Waals surface area contributed by atoms with Crippen molar-refractivity contribution < 1.29 is 4.74 Å². The highest BCUT2D eigenvalue weighted by atomic mass is 127. The van der Waals surface area contributed by atoms with Crippen molar-refractivity contribution in [2.75, 3.05) is 26.3 Å². The molecule has 0 aliphatic heterocycles. The predicted molar refractivity (Wildman–Crippen MR) is 98.2 cm³/mol. The molecule has 118 valence electrons. The molecule has 1 saturated carbocycles. The minimum absolute atomic E-state index is 0. The third-order valence-electron chi connectivity index (χ3n) is 3.20. The lowest BCUT2D eigenvalue weighted by molar-refractivity contribution is 0.129. The number of halogens is 1. The van der Waals surface area contributed by atoms with Crippen LogP contribution in [0.3, 0.4) is 0 Å². The maximum Gasteiger partial charge on any atom is 0.191 e. The second-order valence-corrected chi connectivity index (χ2v) is 5.13. The zero-order valence-corrected chi connectivity index (χ0v) is 15.0. The van der Waals surface area contributed by atoms with Crippen LogP contribution in [0.1, 0.15) is 25.3 Å². The minimum Gasteiger partial charge on any atom is -0.379 e. The quantitative estimate of drug-likeness (QED) is 0.304. The number of ether oxygens (including phenoxy) is 1. The van der Waals surface area contributed by atoms with Gasteiger partial charge in [0.15, 0.2) is 5.96 Å². The van der Waals surface area contributed by atoms with E-state index < -0.39 is 0 Å². The van der Waals surface area contributed by atoms with E-state index in [1.807, 2.05) is 18.2 Å². The van der Waals surface area contributed by atoms with Gasteiger partial charge in [0.2, 0.25) is 0 Å². The second kappa shape index (κ2) is 10.8. The van der Waals surface area contributed by atoms with Crippen LogP contribution in [0.25, 0.3) is 0 Å². The number of hydrogen-bond acceptors (Lipinski definition) is 2. The molecule has 0 unspecified atom stereocenters. The zero-order valence-electron chi connectivity index (χ0n) is 12.7. The highest BCUT2D eigenvalue weighted by Gasteiger charge is 2.20. The van der Waals surface area contributed by atoms with Gasteiger partial charge in [-0.2, -0.15) is 0 Å². The molecule has 0 saturated heterocycles. The lowest BCUT2D eigenvalue weighted by Crippen LogP contribution is -2.39. The summed E-state index contributed by atoms with van der Waals surface area (Å²) in [5.74, 6) is 1.68. The molecule has 21 heavy (non-hydrogen) atoms. The molecule has 1 aliphatic rings. The monoisotopic (exact) mass is 403 g/mol. The molecule has 1 fully saturated rings. The first kappa shape index (κ1) is 18.2. The van der Waals surface area contributed by atoms with Crippen molar-refractivity contribution in [2.24, 2.45) is 10.9 Å². The van der Waals surface area contributed by atoms with Gasteiger partial charge >= 0.3 is 0 Å². The lowest BCUT2D eigenvalue weighted by atomic mass is 10.2. The van der Waals surface area contributed by atoms with Crippen molar-refractivity contribution in [1.29, 1.82) is 0 Å². The number of hydrogen-bond donors (Lipinski definition) is 2. The SMILES string of the molecule is CCNC(=NCc1ccccc1)NCCOCC1CC1.I. The summed E-state index contributed by atoms with van der Waals surface area (Å²) in [6.07, 6.45) is 2.68. The number of nitrogens with zero attached hydrogens (tertiary/aromatic N) is 1. The number of aliphatic imine (C=N–C) groups is 1. The number of benzene rings is 1. The van der Waals surface area contributed by atoms with Crippen LogP contribution in [0, 0.1) is 5.92 Å². The van der Waals surface area contributed by atoms with E-state index in [0.717, 1.165) is 38.2 Å². The van der Waals surface area contributed by atoms with Crippen molar-refractivity contribution in [2.45, 2.75) is 26.3 Å². The van der Waals surface area contributed by atoms with Crippen LogP contribution in [0.2, 0.25) is 0 Å². The Bertz CT molecular complexity index is 407. The molecule has 0 heterocycles. The second-order valence-electron chi connectivity index (χ2n) is 5.13. The standard InChI is InChI=1S/C16H25N3O.HI/c1-2-17-16(18-10-11-20-13-15-8-9-15)19-12-14-6-4-3-5-7-14;/h3-7,15H,2,8-13H2,1H3,(H2,17,18,19);1H. The highest BCUT2D eigenvalue weighted by molar-refractivity contribution is 14.0. The van der Waals surface area contributed by atoms with Crippen molar-refractivity contribution in [3.05, 3.63) is 35.9 Å². The van der Waals surface area contributed by atoms with Crippen LogP contribution in [-0.2, 0) is 11.3 Å². The summed E-state index contributed by atoms with van der Waals surface area (Å²) in [5, 5.41) is 6.55. The molecule has 0 aromatic heterocycles. The Kier molecular flexibility index (Phi) is 9.41. The molecule has 1 aromatic carbocycles. The molecule has 2 N–H and O–H groups in total. The van der Waals surface area contributed by atoms with E-state index in [4.69, 9.17) is 4.74 Å². The van der Waals surface area contributed by atoms with Crippen molar-refractivity contribution in [1.82, 2.24) is 10.6 Å². The lowest BCUT2D eigenvalue weighted by Gasteiger charge is -2.11. The van der Waals surface area contributed by atoms with E-state index in [0.29, 0.717) is 6.54 Å². The summed E-state index contributed by atoms with van der Waals surface area (Å²) in [5.41, 5.74) is 1.22. The number of rotatable bonds is 8. The summed E-state index contributed by atoms with van der Waals surface area (Å²) in [4.78, 5) is 4.57. The molecular formula is C16H26IN3O. The van der Waals surface area contributed by atoms with Gasteiger partial charge in [-0.15, -0.1) is 24.0 Å². The van der Waals surface area contributed by atoms with Gasteiger partial charge in [0.1, 0.15) is 0 Å². The third-order valence-corrected chi connectivity index (χ3v) is 3.20. The van der Waals surface area contributed by atoms with Crippen LogP contribution >= 0.6 is 24.0 Å². The summed E-state index contributed by atoms with van der Waals surface area (Å²) in [6.45, 7) is 6.09. The minimum atomic E-state index is 0. The summed E-state index contributed by atoms with van der Waals surface area (Å²) >= 11 is 0. The molecule has 1 aliphatic carbocycles. The van der Waals surface area contributed by atoms with E-state index in [1.54, 1.807) is 0 Å². The first-order chi connectivity index (χ1) is 9.88. The number of nitrogens with one attached hydrogen (secondary N) is 2. The molecule has 0 amide bonds. The molecule has 0 spiro atoms. The van der Waals surface area contributed by atoms with Crippen molar-refractivity contribution in [3.8, 4) is 0 Å². The topological polar surface area (TPSA) is 45.7 Å². The average Bonchev–Trinajstić information content (AvgIpc) is 3.29. The number of guanidine groups is 1. The Labute approximate surface area is 144 Å². The first-order valence-corrected chi connectivity index (χ1v) is 7.52. The van der Waals surface area contributed by atoms with Gasteiger partial charge in [0.25, 0.3) is 0 Å². The zero-order chi connectivity index (χ0) is 14.0. The summed E-state index contributed by atoms with van der Waals surface area (Å²) < 4.78 is 5.60. The van der Waals surface area contributed by atoms with Crippen molar-refractivity contribution in [3.63, 3.8) is 0 Å². The average molecular weight is 403 g/mol. The Morgan fingerprint density at radius 3 is 2.67 bits per heavy atom. The van der Waals surface area contributed by atoms with Gasteiger partial charge in [-0.1, -0.05) is 30.3 Å². The van der Waals surface area contributed by atoms with Gasteiger partial charge in [0, 0.05) is 19.7 Å². The molecule has 1 aromatic rings. The van der Waals surface area contributed by atoms with E-state index in [9.17, 15) is 0 Å². The summed E-state index contributed by atoms with van der Waals surface area (Å²) in [7, 11) is 0. The largest absolute Gasteiger partial charge is 0.379 e. The molecule has 5 heteroatoms. The molecular weight excluding hydrogens is 377 g/mol. The van der Waals surface area contributed by atoms with E-state index in [1.165, 1.54) is 18.4 Å². The first-order valence-electron chi connectivity index (χ1n) is 7.52. The van der Waals surface area contributed by atoms with E-state index in [-0.39, 0.29) is 24.0 Å². The van der Waals surface area contributed by atoms with Crippen LogP contribution in [-0.4, -0.2) is 32.3 Å². The Morgan fingerprint density at radius 1 is 1.24 bits per heavy atom.